The highest BCUT2D eigenvalue weighted by Crippen LogP contribution is 2.31. The van der Waals surface area contributed by atoms with E-state index in [2.05, 4.69) is 25.3 Å². The molecule has 5 heterocycles. The van der Waals surface area contributed by atoms with Gasteiger partial charge in [-0.05, 0) is 82.4 Å². The Hall–Kier alpha value is -2.82. The highest BCUT2D eigenvalue weighted by molar-refractivity contribution is 6.23. The Labute approximate surface area is 223 Å². The van der Waals surface area contributed by atoms with E-state index >= 15 is 0 Å². The summed E-state index contributed by atoms with van der Waals surface area (Å²) >= 11 is 0. The van der Waals surface area contributed by atoms with Crippen molar-refractivity contribution in [3.8, 4) is 0 Å². The molecule has 10 nitrogen and oxygen atoms in total. The van der Waals surface area contributed by atoms with Gasteiger partial charge in [0.25, 0.3) is 11.8 Å². The molecule has 4 saturated heterocycles. The fourth-order valence-corrected chi connectivity index (χ4v) is 6.88. The Balaban J connectivity index is 1.02. The number of piperazine rings is 1. The molecule has 38 heavy (non-hydrogen) atoms. The second-order valence-corrected chi connectivity index (χ2v) is 11.4. The molecular weight excluding hydrogens is 484 g/mol. The molecular formula is C28H38N6O4. The average molecular weight is 523 g/mol. The van der Waals surface area contributed by atoms with Crippen LogP contribution in [0.3, 0.4) is 0 Å². The molecule has 10 heteroatoms. The number of rotatable bonds is 5. The summed E-state index contributed by atoms with van der Waals surface area (Å²) in [6.07, 6.45) is 5.43. The molecule has 0 aromatic heterocycles. The van der Waals surface area contributed by atoms with Crippen LogP contribution in [0.4, 0.5) is 5.69 Å². The van der Waals surface area contributed by atoms with Gasteiger partial charge in [-0.3, -0.25) is 34.3 Å². The van der Waals surface area contributed by atoms with Crippen molar-refractivity contribution in [3.63, 3.8) is 0 Å². The summed E-state index contributed by atoms with van der Waals surface area (Å²) in [5.41, 5.74) is 1.61. The minimum atomic E-state index is -0.932. The Kier molecular flexibility index (Phi) is 7.20. The maximum absolute atomic E-state index is 13.2. The number of anilines is 1. The molecule has 0 aliphatic carbocycles. The van der Waals surface area contributed by atoms with Crippen LogP contribution in [0, 0.1) is 5.92 Å². The molecule has 0 bridgehead atoms. The Morgan fingerprint density at radius 3 is 2.21 bits per heavy atom. The van der Waals surface area contributed by atoms with Gasteiger partial charge in [-0.2, -0.15) is 0 Å². The first-order valence-corrected chi connectivity index (χ1v) is 14.3. The number of nitrogens with one attached hydrogen (secondary N) is 2. The van der Waals surface area contributed by atoms with Gasteiger partial charge in [0.05, 0.1) is 11.1 Å². The van der Waals surface area contributed by atoms with Gasteiger partial charge in [0, 0.05) is 50.9 Å². The van der Waals surface area contributed by atoms with Crippen molar-refractivity contribution < 1.29 is 19.2 Å². The third-order valence-corrected chi connectivity index (χ3v) is 9.15. The Morgan fingerprint density at radius 2 is 1.50 bits per heavy atom. The van der Waals surface area contributed by atoms with Gasteiger partial charge >= 0.3 is 0 Å². The molecule has 1 atom stereocenters. The van der Waals surface area contributed by atoms with E-state index < -0.39 is 23.8 Å². The monoisotopic (exact) mass is 522 g/mol. The number of nitrogens with zero attached hydrogens (tertiary/aromatic N) is 4. The van der Waals surface area contributed by atoms with Gasteiger partial charge in [0.15, 0.2) is 0 Å². The van der Waals surface area contributed by atoms with E-state index in [0.29, 0.717) is 11.1 Å². The summed E-state index contributed by atoms with van der Waals surface area (Å²) in [6.45, 7) is 9.66. The van der Waals surface area contributed by atoms with Crippen molar-refractivity contribution in [2.24, 2.45) is 5.92 Å². The Bertz CT molecular complexity index is 1100. The lowest BCUT2D eigenvalue weighted by Crippen LogP contribution is -2.54. The number of hydrogen-bond donors (Lipinski definition) is 2. The molecule has 4 amide bonds. The summed E-state index contributed by atoms with van der Waals surface area (Å²) < 4.78 is 0. The number of carbonyl (C=O) groups excluding carboxylic acids is 4. The molecule has 5 aliphatic rings. The lowest BCUT2D eigenvalue weighted by Gasteiger charge is -2.42. The van der Waals surface area contributed by atoms with Crippen LogP contribution in [0.25, 0.3) is 0 Å². The predicted molar refractivity (Wildman–Crippen MR) is 142 cm³/mol. The van der Waals surface area contributed by atoms with E-state index in [-0.39, 0.29) is 18.7 Å². The SMILES string of the molecule is O=C1CCC(N2C(=O)c3ccc(N4CCN(CC5CCN(C6CCNCC6)CC5)CC4)cc3C2=O)C(=O)N1. The first-order chi connectivity index (χ1) is 18.5. The summed E-state index contributed by atoms with van der Waals surface area (Å²) in [7, 11) is 0. The molecule has 0 spiro atoms. The van der Waals surface area contributed by atoms with Gasteiger partial charge in [0.1, 0.15) is 6.04 Å². The summed E-state index contributed by atoms with van der Waals surface area (Å²) in [5, 5.41) is 5.72. The quantitative estimate of drug-likeness (QED) is 0.544. The topological polar surface area (TPSA) is 105 Å². The molecule has 1 unspecified atom stereocenters. The van der Waals surface area contributed by atoms with Gasteiger partial charge < -0.3 is 15.1 Å². The van der Waals surface area contributed by atoms with E-state index in [4.69, 9.17) is 0 Å². The standard InChI is InChI=1S/C28H38N6O4/c35-25-4-3-24(26(36)30-25)34-27(37)22-2-1-21(17-23(22)28(34)38)33-15-13-31(14-16-33)18-19-7-11-32(12-8-19)20-5-9-29-10-6-20/h1-2,17,19-20,24,29H,3-16,18H2,(H,30,35,36). The minimum absolute atomic E-state index is 0.122. The van der Waals surface area contributed by atoms with Crippen LogP contribution in [-0.2, 0) is 9.59 Å². The largest absolute Gasteiger partial charge is 0.369 e. The van der Waals surface area contributed by atoms with Crippen molar-refractivity contribution in [1.29, 1.82) is 0 Å². The second kappa shape index (κ2) is 10.7. The van der Waals surface area contributed by atoms with Crippen molar-refractivity contribution >= 4 is 29.3 Å². The zero-order valence-electron chi connectivity index (χ0n) is 22.0. The van der Waals surface area contributed by atoms with E-state index in [1.165, 1.54) is 38.8 Å². The van der Waals surface area contributed by atoms with E-state index in [1.54, 1.807) is 12.1 Å². The van der Waals surface area contributed by atoms with Gasteiger partial charge in [-0.25, -0.2) is 0 Å². The molecule has 2 N–H and O–H groups in total. The van der Waals surface area contributed by atoms with E-state index in [1.807, 2.05) is 6.07 Å². The summed E-state index contributed by atoms with van der Waals surface area (Å²) in [6, 6.07) is 5.25. The van der Waals surface area contributed by atoms with E-state index in [0.717, 1.165) is 68.4 Å². The number of amides is 4. The predicted octanol–water partition coefficient (Wildman–Crippen LogP) is 0.674. The first kappa shape index (κ1) is 25.5. The van der Waals surface area contributed by atoms with Crippen LogP contribution in [0.15, 0.2) is 18.2 Å². The third kappa shape index (κ3) is 4.97. The summed E-state index contributed by atoms with van der Waals surface area (Å²) in [4.78, 5) is 58.6. The maximum atomic E-state index is 13.2. The lowest BCUT2D eigenvalue weighted by molar-refractivity contribution is -0.136. The van der Waals surface area contributed by atoms with Crippen molar-refractivity contribution in [2.75, 3.05) is 63.8 Å². The average Bonchev–Trinajstić information content (AvgIpc) is 3.19. The fraction of sp³-hybridized carbons (Fsp3) is 0.643. The molecule has 1 aromatic carbocycles. The van der Waals surface area contributed by atoms with Gasteiger partial charge in [-0.15, -0.1) is 0 Å². The van der Waals surface area contributed by atoms with Crippen LogP contribution >= 0.6 is 0 Å². The highest BCUT2D eigenvalue weighted by Gasteiger charge is 2.44. The van der Waals surface area contributed by atoms with Crippen LogP contribution in [0.1, 0.15) is 59.2 Å². The number of hydrogen-bond acceptors (Lipinski definition) is 8. The van der Waals surface area contributed by atoms with Crippen molar-refractivity contribution in [3.05, 3.63) is 29.3 Å². The number of carbonyl (C=O) groups is 4. The highest BCUT2D eigenvalue weighted by atomic mass is 16.2. The number of piperidine rings is 3. The Morgan fingerprint density at radius 1 is 0.789 bits per heavy atom. The smallest absolute Gasteiger partial charge is 0.262 e. The number of fused-ring (bicyclic) bond motifs is 1. The normalized spacial score (nSPS) is 26.7. The van der Waals surface area contributed by atoms with Crippen molar-refractivity contribution in [1.82, 2.24) is 25.3 Å². The zero-order chi connectivity index (χ0) is 26.2. The maximum Gasteiger partial charge on any atom is 0.262 e. The second-order valence-electron chi connectivity index (χ2n) is 11.4. The lowest BCUT2D eigenvalue weighted by atomic mass is 9.93. The number of benzene rings is 1. The molecule has 5 aliphatic heterocycles. The van der Waals surface area contributed by atoms with Crippen molar-refractivity contribution in [2.45, 2.75) is 50.6 Å². The fourth-order valence-electron chi connectivity index (χ4n) is 6.88. The molecule has 4 fully saturated rings. The molecule has 204 valence electrons. The van der Waals surface area contributed by atoms with Gasteiger partial charge in [0.2, 0.25) is 11.8 Å². The molecule has 6 rings (SSSR count). The molecule has 0 radical (unpaired) electrons. The van der Waals surface area contributed by atoms with Crippen LogP contribution in [0.2, 0.25) is 0 Å². The van der Waals surface area contributed by atoms with Crippen LogP contribution in [-0.4, -0.2) is 109 Å². The molecule has 0 saturated carbocycles. The molecule has 1 aromatic rings. The van der Waals surface area contributed by atoms with Gasteiger partial charge in [-0.1, -0.05) is 0 Å². The number of likely N-dealkylation sites (tertiary alicyclic amines) is 1. The van der Waals surface area contributed by atoms with Crippen LogP contribution < -0.4 is 15.5 Å². The minimum Gasteiger partial charge on any atom is -0.369 e. The summed E-state index contributed by atoms with van der Waals surface area (Å²) in [5.74, 6) is -1.09. The zero-order valence-corrected chi connectivity index (χ0v) is 22.0. The number of imide groups is 2. The first-order valence-electron chi connectivity index (χ1n) is 14.3. The third-order valence-electron chi connectivity index (χ3n) is 9.15. The van der Waals surface area contributed by atoms with Crippen LogP contribution in [0.5, 0.6) is 0 Å². The van der Waals surface area contributed by atoms with E-state index in [9.17, 15) is 19.2 Å².